The maximum Gasteiger partial charge on any atom is 0.336 e. The second kappa shape index (κ2) is 5.46. The van der Waals surface area contributed by atoms with Crippen molar-refractivity contribution in [1.82, 2.24) is 14.3 Å². The Morgan fingerprint density at radius 2 is 2.28 bits per heavy atom. The van der Waals surface area contributed by atoms with Crippen LogP contribution in [0.25, 0.3) is 0 Å². The molecule has 0 radical (unpaired) electrons. The minimum atomic E-state index is -3.85. The number of methoxy groups -OCH3 is 1. The number of aromatic nitrogens is 2. The number of carbonyl (C=O) groups excluding carboxylic acids is 1. The van der Waals surface area contributed by atoms with Crippen molar-refractivity contribution in [2.24, 2.45) is 7.05 Å². The van der Waals surface area contributed by atoms with Crippen LogP contribution in [0.5, 0.6) is 0 Å². The fourth-order valence-corrected chi connectivity index (χ4v) is 2.21. The number of imidazole rings is 1. The second-order valence-corrected chi connectivity index (χ2v) is 5.34. The van der Waals surface area contributed by atoms with Crippen LogP contribution >= 0.6 is 0 Å². The van der Waals surface area contributed by atoms with Crippen molar-refractivity contribution < 1.29 is 23.1 Å². The molecule has 1 aromatic heterocycles. The molecule has 1 rings (SSSR count). The van der Waals surface area contributed by atoms with E-state index in [4.69, 9.17) is 0 Å². The Hall–Kier alpha value is -1.45. The number of hydrogen-bond donors (Lipinski definition) is 2. The minimum absolute atomic E-state index is 0.167. The Kier molecular flexibility index (Phi) is 4.43. The summed E-state index contributed by atoms with van der Waals surface area (Å²) in [7, 11) is -1.09. The monoisotopic (exact) mass is 277 g/mol. The number of nitrogens with zero attached hydrogens (tertiary/aromatic N) is 2. The van der Waals surface area contributed by atoms with E-state index in [2.05, 4.69) is 14.4 Å². The van der Waals surface area contributed by atoms with E-state index < -0.39 is 28.6 Å². The number of aliphatic hydroxyl groups is 1. The summed E-state index contributed by atoms with van der Waals surface area (Å²) >= 11 is 0. The summed E-state index contributed by atoms with van der Waals surface area (Å²) in [6.45, 7) is 1.19. The van der Waals surface area contributed by atoms with Gasteiger partial charge in [0.2, 0.25) is 0 Å². The number of aryl methyl sites for hydroxylation is 2. The molecule has 1 aromatic rings. The fourth-order valence-electron chi connectivity index (χ4n) is 1.14. The molecule has 9 heteroatoms. The molecule has 1 heterocycles. The predicted molar refractivity (Wildman–Crippen MR) is 61.2 cm³/mol. The van der Waals surface area contributed by atoms with Crippen LogP contribution in [-0.4, -0.2) is 48.8 Å². The molecule has 2 N–H and O–H groups in total. The summed E-state index contributed by atoms with van der Waals surface area (Å²) in [5, 5.41) is 9.09. The first kappa shape index (κ1) is 14.6. The summed E-state index contributed by atoms with van der Waals surface area (Å²) in [4.78, 5) is 14.7. The van der Waals surface area contributed by atoms with Gasteiger partial charge in [0.1, 0.15) is 5.82 Å². The molecule has 0 amide bonds. The topological polar surface area (TPSA) is 111 Å². The molecule has 0 aliphatic carbocycles. The number of rotatable bonds is 5. The van der Waals surface area contributed by atoms with Crippen molar-refractivity contribution in [3.63, 3.8) is 0 Å². The molecule has 1 unspecified atom stereocenters. The van der Waals surface area contributed by atoms with E-state index in [1.54, 1.807) is 18.5 Å². The summed E-state index contributed by atoms with van der Waals surface area (Å²) in [5.41, 5.74) is 0. The van der Waals surface area contributed by atoms with Crippen molar-refractivity contribution in [2.75, 3.05) is 13.7 Å². The van der Waals surface area contributed by atoms with Gasteiger partial charge >= 0.3 is 5.97 Å². The van der Waals surface area contributed by atoms with Crippen LogP contribution in [0.2, 0.25) is 0 Å². The number of ether oxygens (including phenoxy) is 1. The number of esters is 1. The third-order valence-electron chi connectivity index (χ3n) is 2.30. The zero-order valence-electron chi connectivity index (χ0n) is 10.2. The van der Waals surface area contributed by atoms with Gasteiger partial charge in [-0.25, -0.2) is 22.9 Å². The molecule has 1 atom stereocenters. The SMILES string of the molecule is COC(=O)C(O)CNS(=O)(=O)c1cn(C)c(C)n1. The normalized spacial score (nSPS) is 13.3. The van der Waals surface area contributed by atoms with Crippen LogP contribution in [0.1, 0.15) is 5.82 Å². The van der Waals surface area contributed by atoms with Crippen LogP contribution in [0.15, 0.2) is 11.2 Å². The van der Waals surface area contributed by atoms with Gasteiger partial charge in [0.25, 0.3) is 10.0 Å². The quantitative estimate of drug-likeness (QED) is 0.636. The molecule has 0 saturated heterocycles. The van der Waals surface area contributed by atoms with Crippen molar-refractivity contribution in [3.05, 3.63) is 12.0 Å². The average Bonchev–Trinajstić information content (AvgIpc) is 2.66. The maximum atomic E-state index is 11.8. The zero-order chi connectivity index (χ0) is 13.9. The molecule has 8 nitrogen and oxygen atoms in total. The van der Waals surface area contributed by atoms with Gasteiger partial charge in [-0.1, -0.05) is 0 Å². The van der Waals surface area contributed by atoms with Gasteiger partial charge in [-0.2, -0.15) is 0 Å². The summed E-state index contributed by atoms with van der Waals surface area (Å²) in [5.74, 6) is -0.376. The van der Waals surface area contributed by atoms with E-state index in [0.29, 0.717) is 5.82 Å². The minimum Gasteiger partial charge on any atom is -0.467 e. The molecule has 102 valence electrons. The van der Waals surface area contributed by atoms with Crippen LogP contribution in [-0.2, 0) is 26.6 Å². The van der Waals surface area contributed by atoms with Crippen LogP contribution in [0.3, 0.4) is 0 Å². The van der Waals surface area contributed by atoms with Gasteiger partial charge in [0, 0.05) is 19.8 Å². The van der Waals surface area contributed by atoms with E-state index in [-0.39, 0.29) is 5.03 Å². The van der Waals surface area contributed by atoms with Crippen LogP contribution in [0.4, 0.5) is 0 Å². The highest BCUT2D eigenvalue weighted by Crippen LogP contribution is 2.07. The van der Waals surface area contributed by atoms with E-state index in [1.165, 1.54) is 6.20 Å². The third-order valence-corrected chi connectivity index (χ3v) is 3.60. The molecule has 0 aliphatic rings. The molecule has 18 heavy (non-hydrogen) atoms. The largest absolute Gasteiger partial charge is 0.467 e. The van der Waals surface area contributed by atoms with Gasteiger partial charge < -0.3 is 14.4 Å². The molecule has 0 aromatic carbocycles. The second-order valence-electron chi connectivity index (χ2n) is 3.63. The molecule has 0 fully saturated rings. The highest BCUT2D eigenvalue weighted by molar-refractivity contribution is 7.89. The van der Waals surface area contributed by atoms with Crippen molar-refractivity contribution in [3.8, 4) is 0 Å². The van der Waals surface area contributed by atoms with Gasteiger partial charge in [0.15, 0.2) is 11.1 Å². The van der Waals surface area contributed by atoms with E-state index >= 15 is 0 Å². The summed E-state index contributed by atoms with van der Waals surface area (Å²) in [6, 6.07) is 0. The van der Waals surface area contributed by atoms with E-state index in [9.17, 15) is 18.3 Å². The Balaban J connectivity index is 2.74. The Bertz CT molecular complexity index is 517. The number of aliphatic hydroxyl groups excluding tert-OH is 1. The predicted octanol–water partition coefficient (Wildman–Crippen LogP) is -1.46. The Morgan fingerprint density at radius 1 is 1.67 bits per heavy atom. The lowest BCUT2D eigenvalue weighted by Gasteiger charge is -2.08. The van der Waals surface area contributed by atoms with E-state index in [0.717, 1.165) is 7.11 Å². The maximum absolute atomic E-state index is 11.8. The first-order valence-electron chi connectivity index (χ1n) is 5.03. The lowest BCUT2D eigenvalue weighted by Crippen LogP contribution is -2.37. The van der Waals surface area contributed by atoms with Gasteiger partial charge in [0.05, 0.1) is 7.11 Å². The zero-order valence-corrected chi connectivity index (χ0v) is 11.1. The summed E-state index contributed by atoms with van der Waals surface area (Å²) in [6.07, 6.45) is -0.211. The number of nitrogens with one attached hydrogen (secondary N) is 1. The number of hydrogen-bond acceptors (Lipinski definition) is 6. The standard InChI is InChI=1S/C9H15N3O5S/c1-6-11-8(5-12(6)2)18(15,16)10-4-7(13)9(14)17-3/h5,7,10,13H,4H2,1-3H3. The van der Waals surface area contributed by atoms with Crippen molar-refractivity contribution in [1.29, 1.82) is 0 Å². The molecule has 0 spiro atoms. The summed E-state index contributed by atoms with van der Waals surface area (Å²) < 4.78 is 31.4. The van der Waals surface area contributed by atoms with Crippen LogP contribution < -0.4 is 4.72 Å². The van der Waals surface area contributed by atoms with Crippen molar-refractivity contribution >= 4 is 16.0 Å². The highest BCUT2D eigenvalue weighted by Gasteiger charge is 2.22. The van der Waals surface area contributed by atoms with Gasteiger partial charge in [-0.15, -0.1) is 0 Å². The molecule has 0 aliphatic heterocycles. The van der Waals surface area contributed by atoms with E-state index in [1.807, 2.05) is 0 Å². The lowest BCUT2D eigenvalue weighted by atomic mass is 10.4. The molecule has 0 saturated carbocycles. The van der Waals surface area contributed by atoms with Gasteiger partial charge in [-0.05, 0) is 6.92 Å². The lowest BCUT2D eigenvalue weighted by molar-refractivity contribution is -0.149. The Labute approximate surface area is 105 Å². The Morgan fingerprint density at radius 3 is 2.72 bits per heavy atom. The smallest absolute Gasteiger partial charge is 0.336 e. The van der Waals surface area contributed by atoms with Gasteiger partial charge in [-0.3, -0.25) is 0 Å². The average molecular weight is 277 g/mol. The van der Waals surface area contributed by atoms with Crippen molar-refractivity contribution in [2.45, 2.75) is 18.1 Å². The molecule has 0 bridgehead atoms. The fraction of sp³-hybridized carbons (Fsp3) is 0.556. The first-order chi connectivity index (χ1) is 8.27. The first-order valence-corrected chi connectivity index (χ1v) is 6.51. The highest BCUT2D eigenvalue weighted by atomic mass is 32.2. The number of carbonyl (C=O) groups is 1. The third kappa shape index (κ3) is 3.28. The number of sulfonamides is 1. The molecular weight excluding hydrogens is 262 g/mol. The van der Waals surface area contributed by atoms with Crippen LogP contribution in [0, 0.1) is 6.92 Å². The molecular formula is C9H15N3O5S.